The topological polar surface area (TPSA) is 52.5 Å². The molecule has 19 heavy (non-hydrogen) atoms. The summed E-state index contributed by atoms with van der Waals surface area (Å²) >= 11 is 0. The SMILES string of the molecule is CC(NC1CCCCC1(C)C)c1ccc(O)cc1O. The summed E-state index contributed by atoms with van der Waals surface area (Å²) in [6, 6.07) is 5.38. The maximum Gasteiger partial charge on any atom is 0.124 e. The molecule has 2 rings (SSSR count). The predicted octanol–water partition coefficient (Wildman–Crippen LogP) is 3.72. The summed E-state index contributed by atoms with van der Waals surface area (Å²) in [4.78, 5) is 0. The number of aromatic hydroxyl groups is 2. The lowest BCUT2D eigenvalue weighted by molar-refractivity contribution is 0.157. The summed E-state index contributed by atoms with van der Waals surface area (Å²) in [5.74, 6) is 0.264. The molecule has 1 saturated carbocycles. The molecule has 1 fully saturated rings. The molecular formula is C16H25NO2. The Balaban J connectivity index is 2.09. The summed E-state index contributed by atoms with van der Waals surface area (Å²) < 4.78 is 0. The lowest BCUT2D eigenvalue weighted by atomic mass is 9.73. The quantitative estimate of drug-likeness (QED) is 0.779. The van der Waals surface area contributed by atoms with Gasteiger partial charge in [0.1, 0.15) is 11.5 Å². The van der Waals surface area contributed by atoms with E-state index in [1.807, 2.05) is 0 Å². The molecule has 0 saturated heterocycles. The number of phenolic OH excluding ortho intramolecular Hbond substituents is 2. The van der Waals surface area contributed by atoms with Gasteiger partial charge in [-0.05, 0) is 31.2 Å². The van der Waals surface area contributed by atoms with Crippen molar-refractivity contribution in [1.82, 2.24) is 5.32 Å². The van der Waals surface area contributed by atoms with E-state index < -0.39 is 0 Å². The van der Waals surface area contributed by atoms with E-state index >= 15 is 0 Å². The number of nitrogens with one attached hydrogen (secondary N) is 1. The fourth-order valence-electron chi connectivity index (χ4n) is 3.09. The van der Waals surface area contributed by atoms with Crippen LogP contribution in [0.1, 0.15) is 58.1 Å². The van der Waals surface area contributed by atoms with Gasteiger partial charge in [-0.25, -0.2) is 0 Å². The molecule has 0 heterocycles. The largest absolute Gasteiger partial charge is 0.508 e. The molecular weight excluding hydrogens is 238 g/mol. The van der Waals surface area contributed by atoms with E-state index in [0.29, 0.717) is 11.5 Å². The highest BCUT2D eigenvalue weighted by Crippen LogP contribution is 2.37. The summed E-state index contributed by atoms with van der Waals surface area (Å²) in [5, 5.41) is 22.9. The Morgan fingerprint density at radius 1 is 1.26 bits per heavy atom. The van der Waals surface area contributed by atoms with Gasteiger partial charge in [-0.3, -0.25) is 0 Å². The zero-order chi connectivity index (χ0) is 14.0. The molecule has 0 amide bonds. The number of hydrogen-bond donors (Lipinski definition) is 3. The van der Waals surface area contributed by atoms with Crippen molar-refractivity contribution >= 4 is 0 Å². The summed E-state index contributed by atoms with van der Waals surface area (Å²) in [7, 11) is 0. The second kappa shape index (κ2) is 5.41. The smallest absolute Gasteiger partial charge is 0.124 e. The maximum atomic E-state index is 9.92. The van der Waals surface area contributed by atoms with E-state index in [9.17, 15) is 10.2 Å². The molecule has 0 aliphatic heterocycles. The van der Waals surface area contributed by atoms with Crippen molar-refractivity contribution in [3.63, 3.8) is 0 Å². The lowest BCUT2D eigenvalue weighted by Crippen LogP contribution is -2.45. The standard InChI is InChI=1S/C16H25NO2/c1-11(13-8-7-12(18)10-14(13)19)17-15-6-4-5-9-16(15,2)3/h7-8,10-11,15,17-19H,4-6,9H2,1-3H3. The Hall–Kier alpha value is -1.22. The van der Waals surface area contributed by atoms with Gasteiger partial charge in [0.2, 0.25) is 0 Å². The molecule has 1 aromatic rings. The molecule has 0 bridgehead atoms. The third-order valence-corrected chi connectivity index (χ3v) is 4.44. The van der Waals surface area contributed by atoms with Gasteiger partial charge in [-0.1, -0.05) is 32.8 Å². The van der Waals surface area contributed by atoms with Crippen LogP contribution in [-0.2, 0) is 0 Å². The van der Waals surface area contributed by atoms with Crippen LogP contribution in [0.2, 0.25) is 0 Å². The number of benzene rings is 1. The van der Waals surface area contributed by atoms with Gasteiger partial charge in [0.15, 0.2) is 0 Å². The van der Waals surface area contributed by atoms with Gasteiger partial charge in [0, 0.05) is 23.7 Å². The molecule has 1 aliphatic rings. The zero-order valence-corrected chi connectivity index (χ0v) is 12.1. The first-order valence-electron chi connectivity index (χ1n) is 7.18. The lowest BCUT2D eigenvalue weighted by Gasteiger charge is -2.41. The first-order valence-corrected chi connectivity index (χ1v) is 7.18. The Kier molecular flexibility index (Phi) is 4.04. The normalized spacial score (nSPS) is 24.1. The van der Waals surface area contributed by atoms with Crippen LogP contribution in [0, 0.1) is 5.41 Å². The molecule has 3 heteroatoms. The average molecular weight is 263 g/mol. The molecule has 1 aliphatic carbocycles. The Bertz CT molecular complexity index is 442. The molecule has 0 radical (unpaired) electrons. The van der Waals surface area contributed by atoms with Crippen molar-refractivity contribution < 1.29 is 10.2 Å². The zero-order valence-electron chi connectivity index (χ0n) is 12.1. The third kappa shape index (κ3) is 3.21. The van der Waals surface area contributed by atoms with E-state index in [1.54, 1.807) is 12.1 Å². The minimum absolute atomic E-state index is 0.0861. The van der Waals surface area contributed by atoms with E-state index in [-0.39, 0.29) is 17.5 Å². The van der Waals surface area contributed by atoms with Gasteiger partial charge in [0.25, 0.3) is 0 Å². The average Bonchev–Trinajstić information content (AvgIpc) is 2.31. The van der Waals surface area contributed by atoms with E-state index in [0.717, 1.165) is 5.56 Å². The molecule has 1 aromatic carbocycles. The van der Waals surface area contributed by atoms with Crippen molar-refractivity contribution in [2.24, 2.45) is 5.41 Å². The van der Waals surface area contributed by atoms with Crippen LogP contribution < -0.4 is 5.32 Å². The number of rotatable bonds is 3. The van der Waals surface area contributed by atoms with Crippen LogP contribution in [0.5, 0.6) is 11.5 Å². The fraction of sp³-hybridized carbons (Fsp3) is 0.625. The van der Waals surface area contributed by atoms with Gasteiger partial charge in [-0.15, -0.1) is 0 Å². The molecule has 2 atom stereocenters. The van der Waals surface area contributed by atoms with Crippen molar-refractivity contribution in [3.05, 3.63) is 23.8 Å². The maximum absolute atomic E-state index is 9.92. The molecule has 0 spiro atoms. The molecule has 0 aromatic heterocycles. The van der Waals surface area contributed by atoms with E-state index in [2.05, 4.69) is 26.1 Å². The van der Waals surface area contributed by atoms with Crippen LogP contribution in [0.3, 0.4) is 0 Å². The van der Waals surface area contributed by atoms with Crippen LogP contribution >= 0.6 is 0 Å². The van der Waals surface area contributed by atoms with Gasteiger partial charge in [0.05, 0.1) is 0 Å². The number of hydrogen-bond acceptors (Lipinski definition) is 3. The van der Waals surface area contributed by atoms with Crippen LogP contribution in [0.4, 0.5) is 0 Å². The van der Waals surface area contributed by atoms with Gasteiger partial charge >= 0.3 is 0 Å². The minimum atomic E-state index is 0.0861. The van der Waals surface area contributed by atoms with Crippen molar-refractivity contribution in [2.75, 3.05) is 0 Å². The summed E-state index contributed by atoms with van der Waals surface area (Å²) in [5.41, 5.74) is 1.15. The van der Waals surface area contributed by atoms with Crippen LogP contribution in [-0.4, -0.2) is 16.3 Å². The summed E-state index contributed by atoms with van der Waals surface area (Å²) in [6.45, 7) is 6.69. The second-order valence-electron chi connectivity index (χ2n) is 6.42. The molecule has 106 valence electrons. The van der Waals surface area contributed by atoms with E-state index in [4.69, 9.17) is 0 Å². The third-order valence-electron chi connectivity index (χ3n) is 4.44. The van der Waals surface area contributed by atoms with Crippen molar-refractivity contribution in [3.8, 4) is 11.5 Å². The van der Waals surface area contributed by atoms with Crippen molar-refractivity contribution in [1.29, 1.82) is 0 Å². The second-order valence-corrected chi connectivity index (χ2v) is 6.42. The Morgan fingerprint density at radius 3 is 2.63 bits per heavy atom. The first kappa shape index (κ1) is 14.2. The Labute approximate surface area is 115 Å². The van der Waals surface area contributed by atoms with Crippen LogP contribution in [0.25, 0.3) is 0 Å². The van der Waals surface area contributed by atoms with Gasteiger partial charge < -0.3 is 15.5 Å². The predicted molar refractivity (Wildman–Crippen MR) is 77.4 cm³/mol. The first-order chi connectivity index (χ1) is 8.90. The van der Waals surface area contributed by atoms with Gasteiger partial charge in [-0.2, -0.15) is 0 Å². The molecule has 2 unspecified atom stereocenters. The van der Waals surface area contributed by atoms with Crippen molar-refractivity contribution in [2.45, 2.75) is 58.5 Å². The summed E-state index contributed by atoms with van der Waals surface area (Å²) in [6.07, 6.45) is 5.02. The highest BCUT2D eigenvalue weighted by molar-refractivity contribution is 5.40. The monoisotopic (exact) mass is 263 g/mol. The highest BCUT2D eigenvalue weighted by atomic mass is 16.3. The fourth-order valence-corrected chi connectivity index (χ4v) is 3.09. The Morgan fingerprint density at radius 2 is 2.00 bits per heavy atom. The highest BCUT2D eigenvalue weighted by Gasteiger charge is 2.33. The van der Waals surface area contributed by atoms with E-state index in [1.165, 1.54) is 31.7 Å². The molecule has 3 N–H and O–H groups in total. The number of phenols is 2. The van der Waals surface area contributed by atoms with Crippen LogP contribution in [0.15, 0.2) is 18.2 Å². The minimum Gasteiger partial charge on any atom is -0.508 e. The molecule has 3 nitrogen and oxygen atoms in total.